The van der Waals surface area contributed by atoms with Crippen LogP contribution in [0.3, 0.4) is 0 Å². The number of carbonyl (C=O) groups is 1. The molecule has 0 atom stereocenters. The van der Waals surface area contributed by atoms with Gasteiger partial charge in [-0.2, -0.15) is 15.2 Å². The quantitative estimate of drug-likeness (QED) is 0.534. The Morgan fingerprint density at radius 2 is 1.97 bits per heavy atom. The zero-order chi connectivity index (χ0) is 21.4. The van der Waals surface area contributed by atoms with Crippen LogP contribution in [0.5, 0.6) is 5.88 Å². The summed E-state index contributed by atoms with van der Waals surface area (Å²) in [6.45, 7) is 2.96. The van der Waals surface area contributed by atoms with E-state index < -0.39 is 5.97 Å². The summed E-state index contributed by atoms with van der Waals surface area (Å²) in [7, 11) is 1.62. The van der Waals surface area contributed by atoms with E-state index in [1.165, 1.54) is 43.0 Å². The first-order valence-electron chi connectivity index (χ1n) is 11.2. The van der Waals surface area contributed by atoms with Crippen molar-refractivity contribution < 1.29 is 14.3 Å². The lowest BCUT2D eigenvalue weighted by Crippen LogP contribution is -2.15. The van der Waals surface area contributed by atoms with Crippen LogP contribution in [-0.4, -0.2) is 49.2 Å². The highest BCUT2D eigenvalue weighted by atomic mass is 16.5. The third-order valence-electron chi connectivity index (χ3n) is 6.18. The van der Waals surface area contributed by atoms with Crippen LogP contribution in [0, 0.1) is 5.92 Å². The van der Waals surface area contributed by atoms with Crippen molar-refractivity contribution in [2.75, 3.05) is 13.7 Å². The first-order chi connectivity index (χ1) is 15.2. The van der Waals surface area contributed by atoms with E-state index in [4.69, 9.17) is 19.6 Å². The maximum Gasteiger partial charge on any atom is 0.341 e. The minimum Gasteiger partial charge on any atom is -0.479 e. The molecule has 2 aliphatic carbocycles. The van der Waals surface area contributed by atoms with Crippen molar-refractivity contribution in [1.82, 2.24) is 29.5 Å². The number of methoxy groups -OCH3 is 1. The van der Waals surface area contributed by atoms with E-state index in [2.05, 4.69) is 14.8 Å². The molecule has 164 valence electrons. The molecule has 0 bridgehead atoms. The molecule has 9 nitrogen and oxygen atoms in total. The number of rotatable bonds is 7. The number of hydrogen-bond donors (Lipinski definition) is 0. The molecular weight excluding hydrogens is 396 g/mol. The Kier molecular flexibility index (Phi) is 5.33. The largest absolute Gasteiger partial charge is 0.479 e. The molecule has 0 spiro atoms. The lowest BCUT2D eigenvalue weighted by atomic mass is 9.89. The van der Waals surface area contributed by atoms with E-state index >= 15 is 0 Å². The Morgan fingerprint density at radius 3 is 2.68 bits per heavy atom. The highest BCUT2D eigenvalue weighted by Gasteiger charge is 2.32. The topological polar surface area (TPSA) is 96.9 Å². The summed E-state index contributed by atoms with van der Waals surface area (Å²) in [5.74, 6) is 1.50. The minimum atomic E-state index is -0.416. The minimum absolute atomic E-state index is 0.311. The van der Waals surface area contributed by atoms with Crippen molar-refractivity contribution in [3.8, 4) is 11.8 Å². The average Bonchev–Trinajstić information content (AvgIpc) is 3.39. The smallest absolute Gasteiger partial charge is 0.341 e. The Morgan fingerprint density at radius 1 is 1.16 bits per heavy atom. The van der Waals surface area contributed by atoms with Crippen LogP contribution >= 0.6 is 0 Å². The zero-order valence-corrected chi connectivity index (χ0v) is 18.1. The van der Waals surface area contributed by atoms with Gasteiger partial charge in [0.05, 0.1) is 31.2 Å². The molecule has 2 fully saturated rings. The van der Waals surface area contributed by atoms with Gasteiger partial charge in [-0.15, -0.1) is 0 Å². The van der Waals surface area contributed by atoms with Crippen LogP contribution in [0.25, 0.3) is 17.0 Å². The standard InChI is InChI=1S/C22H28N6O3/c1-3-31-21(29)16-11-23-28(13-16)22-24-18-17(15-9-10-15)26-27(19(18)20(25-22)30-2)12-14-7-5-4-6-8-14/h11,13-15H,3-10,12H2,1-2H3. The third-order valence-corrected chi connectivity index (χ3v) is 6.18. The van der Waals surface area contributed by atoms with Crippen LogP contribution in [0.2, 0.25) is 0 Å². The van der Waals surface area contributed by atoms with Crippen molar-refractivity contribution in [3.63, 3.8) is 0 Å². The maximum atomic E-state index is 12.0. The fourth-order valence-electron chi connectivity index (χ4n) is 4.44. The van der Waals surface area contributed by atoms with Crippen molar-refractivity contribution in [1.29, 1.82) is 0 Å². The molecule has 0 amide bonds. The molecule has 0 aromatic carbocycles. The lowest BCUT2D eigenvalue weighted by molar-refractivity contribution is 0.0526. The Bertz CT molecular complexity index is 1090. The highest BCUT2D eigenvalue weighted by molar-refractivity contribution is 5.89. The molecule has 5 rings (SSSR count). The van der Waals surface area contributed by atoms with Crippen LogP contribution < -0.4 is 4.74 Å². The first-order valence-corrected chi connectivity index (χ1v) is 11.2. The average molecular weight is 425 g/mol. The van der Waals surface area contributed by atoms with E-state index in [1.54, 1.807) is 20.2 Å². The van der Waals surface area contributed by atoms with E-state index in [0.717, 1.165) is 36.1 Å². The van der Waals surface area contributed by atoms with Crippen LogP contribution in [0.15, 0.2) is 12.4 Å². The first kappa shape index (κ1) is 20.0. The van der Waals surface area contributed by atoms with Gasteiger partial charge in [-0.1, -0.05) is 19.3 Å². The van der Waals surface area contributed by atoms with Gasteiger partial charge in [0, 0.05) is 18.7 Å². The van der Waals surface area contributed by atoms with E-state index in [0.29, 0.717) is 35.8 Å². The molecule has 3 heterocycles. The number of esters is 1. The summed E-state index contributed by atoms with van der Waals surface area (Å²) in [5.41, 5.74) is 3.07. The SMILES string of the molecule is CCOC(=O)c1cnn(-c2nc(OC)c3c(n2)c(C2CC2)nn3CC2CCCCC2)c1. The van der Waals surface area contributed by atoms with Gasteiger partial charge in [0.25, 0.3) is 5.95 Å². The zero-order valence-electron chi connectivity index (χ0n) is 18.1. The Hall–Kier alpha value is -2.97. The summed E-state index contributed by atoms with van der Waals surface area (Å²) >= 11 is 0. The summed E-state index contributed by atoms with van der Waals surface area (Å²) in [6.07, 6.45) is 11.7. The van der Waals surface area contributed by atoms with Gasteiger partial charge in [-0.05, 0) is 38.5 Å². The molecule has 31 heavy (non-hydrogen) atoms. The predicted octanol–water partition coefficient (Wildman–Crippen LogP) is 3.66. The summed E-state index contributed by atoms with van der Waals surface area (Å²) in [5, 5.41) is 9.25. The lowest BCUT2D eigenvalue weighted by Gasteiger charge is -2.21. The molecule has 0 N–H and O–H groups in total. The van der Waals surface area contributed by atoms with Crippen molar-refractivity contribution in [2.24, 2.45) is 5.92 Å². The highest BCUT2D eigenvalue weighted by Crippen LogP contribution is 2.43. The van der Waals surface area contributed by atoms with Gasteiger partial charge in [0.1, 0.15) is 11.0 Å². The number of hydrogen-bond acceptors (Lipinski definition) is 7. The van der Waals surface area contributed by atoms with Gasteiger partial charge in [0.2, 0.25) is 5.88 Å². The maximum absolute atomic E-state index is 12.0. The summed E-state index contributed by atoms with van der Waals surface area (Å²) in [6, 6.07) is 0. The fourth-order valence-corrected chi connectivity index (χ4v) is 4.44. The Balaban J connectivity index is 1.56. The molecular formula is C22H28N6O3. The monoisotopic (exact) mass is 424 g/mol. The number of fused-ring (bicyclic) bond motifs is 1. The molecule has 0 aliphatic heterocycles. The van der Waals surface area contributed by atoms with Crippen molar-refractivity contribution in [2.45, 2.75) is 64.3 Å². The van der Waals surface area contributed by atoms with Crippen LogP contribution in [0.4, 0.5) is 0 Å². The van der Waals surface area contributed by atoms with Gasteiger partial charge in [-0.25, -0.2) is 14.5 Å². The van der Waals surface area contributed by atoms with E-state index in [9.17, 15) is 4.79 Å². The molecule has 3 aromatic rings. The fraction of sp³-hybridized carbons (Fsp3) is 0.591. The molecule has 0 saturated heterocycles. The second kappa shape index (κ2) is 8.28. The van der Waals surface area contributed by atoms with Gasteiger partial charge >= 0.3 is 5.97 Å². The number of nitrogens with zero attached hydrogens (tertiary/aromatic N) is 6. The van der Waals surface area contributed by atoms with Crippen molar-refractivity contribution in [3.05, 3.63) is 23.7 Å². The van der Waals surface area contributed by atoms with Crippen LogP contribution in [0.1, 0.15) is 73.8 Å². The number of ether oxygens (including phenoxy) is 2. The van der Waals surface area contributed by atoms with Crippen LogP contribution in [-0.2, 0) is 11.3 Å². The van der Waals surface area contributed by atoms with E-state index in [1.807, 2.05) is 0 Å². The molecule has 3 aromatic heterocycles. The summed E-state index contributed by atoms with van der Waals surface area (Å²) in [4.78, 5) is 21.4. The number of carbonyl (C=O) groups excluding carboxylic acids is 1. The second-order valence-corrected chi connectivity index (χ2v) is 8.47. The molecule has 0 radical (unpaired) electrons. The second-order valence-electron chi connectivity index (χ2n) is 8.47. The predicted molar refractivity (Wildman–Crippen MR) is 114 cm³/mol. The Labute approximate surface area is 180 Å². The molecule has 9 heteroatoms. The van der Waals surface area contributed by atoms with Gasteiger partial charge < -0.3 is 9.47 Å². The summed E-state index contributed by atoms with van der Waals surface area (Å²) < 4.78 is 14.3. The third kappa shape index (κ3) is 3.88. The van der Waals surface area contributed by atoms with E-state index in [-0.39, 0.29) is 0 Å². The van der Waals surface area contributed by atoms with Gasteiger partial charge in [-0.3, -0.25) is 4.68 Å². The normalized spacial score (nSPS) is 17.2. The van der Waals surface area contributed by atoms with Crippen molar-refractivity contribution >= 4 is 17.0 Å². The molecule has 2 aliphatic rings. The number of aromatic nitrogens is 6. The van der Waals surface area contributed by atoms with Gasteiger partial charge in [0.15, 0.2) is 0 Å². The molecule has 0 unspecified atom stereocenters. The molecule has 2 saturated carbocycles.